The molecule has 2 unspecified atom stereocenters. The molecule has 2 heterocycles. The Hall–Kier alpha value is -0.170. The summed E-state index contributed by atoms with van der Waals surface area (Å²) in [6, 6.07) is 1.40. The van der Waals surface area contributed by atoms with Gasteiger partial charge in [-0.2, -0.15) is 17.0 Å². The number of piperidine rings is 1. The van der Waals surface area contributed by atoms with Gasteiger partial charge in [0.25, 0.3) is 10.2 Å². The topological polar surface area (TPSA) is 52.7 Å². The number of nitrogens with one attached hydrogen (secondary N) is 1. The van der Waals surface area contributed by atoms with Gasteiger partial charge in [0.15, 0.2) is 0 Å². The molecule has 1 aliphatic carbocycles. The maximum Gasteiger partial charge on any atom is 0.281 e. The lowest BCUT2D eigenvalue weighted by Crippen LogP contribution is -2.53. The van der Waals surface area contributed by atoms with Crippen molar-refractivity contribution in [3.63, 3.8) is 0 Å². The molecule has 2 bridgehead atoms. The van der Waals surface area contributed by atoms with Crippen molar-refractivity contribution < 1.29 is 8.42 Å². The minimum atomic E-state index is -3.32. The molecule has 0 radical (unpaired) electrons. The molecule has 2 aliphatic heterocycles. The second-order valence-corrected chi connectivity index (χ2v) is 9.14. The summed E-state index contributed by atoms with van der Waals surface area (Å²) in [5, 5.41) is 3.58. The third-order valence-corrected chi connectivity index (χ3v) is 7.83. The van der Waals surface area contributed by atoms with Gasteiger partial charge in [-0.3, -0.25) is 0 Å². The minimum absolute atomic E-state index is 0.166. The Morgan fingerprint density at radius 3 is 1.90 bits per heavy atom. The van der Waals surface area contributed by atoms with Gasteiger partial charge in [-0.25, -0.2) is 0 Å². The van der Waals surface area contributed by atoms with Gasteiger partial charge in [0.05, 0.1) is 0 Å². The van der Waals surface area contributed by atoms with Gasteiger partial charge >= 0.3 is 0 Å². The molecule has 0 aromatic heterocycles. The van der Waals surface area contributed by atoms with Gasteiger partial charge in [0, 0.05) is 38.3 Å². The van der Waals surface area contributed by atoms with E-state index >= 15 is 0 Å². The lowest BCUT2D eigenvalue weighted by atomic mass is 9.96. The fraction of sp³-hybridized carbons (Fsp3) is 1.00. The Labute approximate surface area is 129 Å². The van der Waals surface area contributed by atoms with Crippen LogP contribution in [-0.2, 0) is 10.2 Å². The van der Waals surface area contributed by atoms with E-state index in [1.807, 2.05) is 0 Å². The maximum absolute atomic E-state index is 12.9. The predicted molar refractivity (Wildman–Crippen MR) is 84.3 cm³/mol. The monoisotopic (exact) mass is 315 g/mol. The van der Waals surface area contributed by atoms with E-state index in [2.05, 4.69) is 5.32 Å². The molecule has 3 rings (SSSR count). The number of rotatable bonds is 4. The second-order valence-electron chi connectivity index (χ2n) is 7.10. The Bertz CT molecular complexity index is 450. The number of fused-ring (bicyclic) bond motifs is 2. The Morgan fingerprint density at radius 2 is 1.33 bits per heavy atom. The van der Waals surface area contributed by atoms with Gasteiger partial charge in [0.2, 0.25) is 0 Å². The summed E-state index contributed by atoms with van der Waals surface area (Å²) >= 11 is 0. The third kappa shape index (κ3) is 3.14. The van der Waals surface area contributed by atoms with Crippen molar-refractivity contribution in [2.75, 3.05) is 14.1 Å². The molecule has 3 aliphatic rings. The molecule has 6 heteroatoms. The van der Waals surface area contributed by atoms with Crippen molar-refractivity contribution in [1.29, 1.82) is 0 Å². The molecule has 0 spiro atoms. The van der Waals surface area contributed by atoms with Crippen LogP contribution >= 0.6 is 0 Å². The number of hydrogen-bond donors (Lipinski definition) is 1. The molecule has 3 fully saturated rings. The fourth-order valence-electron chi connectivity index (χ4n) is 4.35. The number of hydrogen-bond acceptors (Lipinski definition) is 3. The summed E-state index contributed by atoms with van der Waals surface area (Å²) in [6.07, 6.45) is 9.92. The van der Waals surface area contributed by atoms with Gasteiger partial charge in [-0.1, -0.05) is 19.3 Å². The average molecular weight is 315 g/mol. The molecule has 21 heavy (non-hydrogen) atoms. The SMILES string of the molecule is CN(C1CCCCC1)S(=O)(=O)N(C)C1CC2CCC(C1)N2. The van der Waals surface area contributed by atoms with Crippen molar-refractivity contribution in [1.82, 2.24) is 13.9 Å². The van der Waals surface area contributed by atoms with Crippen molar-refractivity contribution >= 4 is 10.2 Å². The molecule has 2 atom stereocenters. The Morgan fingerprint density at radius 1 is 0.810 bits per heavy atom. The van der Waals surface area contributed by atoms with Crippen LogP contribution in [0.2, 0.25) is 0 Å². The fourth-order valence-corrected chi connectivity index (χ4v) is 5.89. The van der Waals surface area contributed by atoms with Gasteiger partial charge in [-0.05, 0) is 38.5 Å². The second kappa shape index (κ2) is 6.14. The van der Waals surface area contributed by atoms with E-state index in [0.717, 1.165) is 38.5 Å². The first-order valence-electron chi connectivity index (χ1n) is 8.45. The lowest BCUT2D eigenvalue weighted by molar-refractivity contribution is 0.220. The normalized spacial score (nSPS) is 34.8. The summed E-state index contributed by atoms with van der Waals surface area (Å²) in [5.41, 5.74) is 0. The highest BCUT2D eigenvalue weighted by atomic mass is 32.2. The highest BCUT2D eigenvalue weighted by Gasteiger charge is 2.40. The van der Waals surface area contributed by atoms with Gasteiger partial charge < -0.3 is 5.32 Å². The van der Waals surface area contributed by atoms with Crippen LogP contribution in [0.15, 0.2) is 0 Å². The molecule has 5 nitrogen and oxygen atoms in total. The molecule has 2 saturated heterocycles. The van der Waals surface area contributed by atoms with Crippen LogP contribution in [0.25, 0.3) is 0 Å². The van der Waals surface area contributed by atoms with E-state index < -0.39 is 10.2 Å². The van der Waals surface area contributed by atoms with Crippen LogP contribution in [0.5, 0.6) is 0 Å². The number of nitrogens with zero attached hydrogens (tertiary/aromatic N) is 2. The van der Waals surface area contributed by atoms with E-state index in [-0.39, 0.29) is 12.1 Å². The highest BCUT2D eigenvalue weighted by molar-refractivity contribution is 7.86. The minimum Gasteiger partial charge on any atom is -0.311 e. The molecule has 0 amide bonds. The van der Waals surface area contributed by atoms with Crippen molar-refractivity contribution in [2.24, 2.45) is 0 Å². The van der Waals surface area contributed by atoms with Crippen LogP contribution < -0.4 is 5.32 Å². The van der Waals surface area contributed by atoms with Gasteiger partial charge in [-0.15, -0.1) is 0 Å². The van der Waals surface area contributed by atoms with E-state index in [1.54, 1.807) is 22.7 Å². The van der Waals surface area contributed by atoms with Crippen molar-refractivity contribution in [3.05, 3.63) is 0 Å². The quantitative estimate of drug-likeness (QED) is 0.859. The van der Waals surface area contributed by atoms with E-state index in [0.29, 0.717) is 12.1 Å². The standard InChI is InChI=1S/C15H29N3O2S/c1-17(14-6-4-3-5-7-14)21(19,20)18(2)15-10-12-8-9-13(11-15)16-12/h12-16H,3-11H2,1-2H3. The average Bonchev–Trinajstić information content (AvgIpc) is 2.84. The summed E-state index contributed by atoms with van der Waals surface area (Å²) < 4.78 is 29.1. The third-order valence-electron chi connectivity index (χ3n) is 5.78. The molecule has 122 valence electrons. The van der Waals surface area contributed by atoms with Gasteiger partial charge in [0.1, 0.15) is 0 Å². The van der Waals surface area contributed by atoms with Crippen molar-refractivity contribution in [3.8, 4) is 0 Å². The zero-order valence-corrected chi connectivity index (χ0v) is 14.1. The lowest BCUT2D eigenvalue weighted by Gasteiger charge is -2.39. The van der Waals surface area contributed by atoms with Crippen LogP contribution in [0, 0.1) is 0 Å². The first-order chi connectivity index (χ1) is 9.98. The Balaban J connectivity index is 1.68. The predicted octanol–water partition coefficient (Wildman–Crippen LogP) is 1.71. The highest BCUT2D eigenvalue weighted by Crippen LogP contribution is 2.32. The summed E-state index contributed by atoms with van der Waals surface area (Å²) in [5.74, 6) is 0. The smallest absolute Gasteiger partial charge is 0.281 e. The van der Waals surface area contributed by atoms with Crippen LogP contribution in [0.4, 0.5) is 0 Å². The summed E-state index contributed by atoms with van der Waals surface area (Å²) in [7, 11) is 0.239. The molecule has 0 aromatic carbocycles. The molecular weight excluding hydrogens is 286 g/mol. The van der Waals surface area contributed by atoms with Crippen LogP contribution in [0.1, 0.15) is 57.8 Å². The molecule has 1 saturated carbocycles. The zero-order valence-electron chi connectivity index (χ0n) is 13.3. The largest absolute Gasteiger partial charge is 0.311 e. The van der Waals surface area contributed by atoms with Crippen LogP contribution in [0.3, 0.4) is 0 Å². The van der Waals surface area contributed by atoms with E-state index in [9.17, 15) is 8.42 Å². The Kier molecular flexibility index (Phi) is 4.60. The first-order valence-corrected chi connectivity index (χ1v) is 9.85. The summed E-state index contributed by atoms with van der Waals surface area (Å²) in [6.45, 7) is 0. The molecule has 1 N–H and O–H groups in total. The zero-order chi connectivity index (χ0) is 15.0. The first kappa shape index (κ1) is 15.7. The van der Waals surface area contributed by atoms with E-state index in [4.69, 9.17) is 0 Å². The molecule has 0 aromatic rings. The van der Waals surface area contributed by atoms with E-state index in [1.165, 1.54) is 19.3 Å². The summed E-state index contributed by atoms with van der Waals surface area (Å²) in [4.78, 5) is 0. The maximum atomic E-state index is 12.9. The van der Waals surface area contributed by atoms with Crippen molar-refractivity contribution in [2.45, 2.75) is 82.0 Å². The van der Waals surface area contributed by atoms with Crippen LogP contribution in [-0.4, -0.2) is 55.3 Å². The molecular formula is C15H29N3O2S.